The molecule has 1 aliphatic carbocycles. The Hall–Kier alpha value is -0.680. The van der Waals surface area contributed by atoms with E-state index in [1.807, 2.05) is 0 Å². The van der Waals surface area contributed by atoms with Crippen LogP contribution >= 0.6 is 12.2 Å². The van der Waals surface area contributed by atoms with Gasteiger partial charge in [-0.2, -0.15) is 5.10 Å². The van der Waals surface area contributed by atoms with Crippen molar-refractivity contribution in [3.8, 4) is 0 Å². The van der Waals surface area contributed by atoms with Gasteiger partial charge in [0.15, 0.2) is 4.77 Å². The van der Waals surface area contributed by atoms with Crippen molar-refractivity contribution in [3.63, 3.8) is 0 Å². The molecule has 1 unspecified atom stereocenters. The second kappa shape index (κ2) is 3.42. The molecule has 1 atom stereocenters. The summed E-state index contributed by atoms with van der Waals surface area (Å²) in [6.07, 6.45) is 3.76. The molecule has 3 rings (SSSR count). The predicted octanol–water partition coefficient (Wildman–Crippen LogP) is 1.69. The number of hydrogen-bond acceptors (Lipinski definition) is 3. The van der Waals surface area contributed by atoms with Crippen LogP contribution in [0.2, 0.25) is 0 Å². The molecule has 1 aromatic rings. The third kappa shape index (κ3) is 1.63. The summed E-state index contributed by atoms with van der Waals surface area (Å²) in [7, 11) is 2.17. The van der Waals surface area contributed by atoms with E-state index in [-0.39, 0.29) is 0 Å². The van der Waals surface area contributed by atoms with Gasteiger partial charge >= 0.3 is 0 Å². The van der Waals surface area contributed by atoms with Crippen LogP contribution in [0.3, 0.4) is 0 Å². The van der Waals surface area contributed by atoms with Gasteiger partial charge in [-0.15, -0.1) is 0 Å². The lowest BCUT2D eigenvalue weighted by Crippen LogP contribution is -2.17. The number of nitrogens with zero attached hydrogens (tertiary/aromatic N) is 3. The Labute approximate surface area is 94.3 Å². The minimum atomic E-state index is 0.539. The SMILES string of the molecule is CN1CCC(n2c(C3CC3)n[nH]c2=S)C1. The molecule has 2 heterocycles. The van der Waals surface area contributed by atoms with E-state index >= 15 is 0 Å². The van der Waals surface area contributed by atoms with E-state index in [1.165, 1.54) is 31.6 Å². The van der Waals surface area contributed by atoms with E-state index in [9.17, 15) is 0 Å². The molecule has 4 nitrogen and oxygen atoms in total. The van der Waals surface area contributed by atoms with Crippen molar-refractivity contribution in [2.24, 2.45) is 0 Å². The molecule has 0 bridgehead atoms. The Bertz CT molecular complexity index is 417. The molecule has 82 valence electrons. The van der Waals surface area contributed by atoms with E-state index in [1.54, 1.807) is 0 Å². The van der Waals surface area contributed by atoms with Gasteiger partial charge in [0.05, 0.1) is 6.04 Å². The molecule has 15 heavy (non-hydrogen) atoms. The number of rotatable bonds is 2. The van der Waals surface area contributed by atoms with Crippen molar-refractivity contribution >= 4 is 12.2 Å². The number of aromatic nitrogens is 3. The number of likely N-dealkylation sites (N-methyl/N-ethyl adjacent to an activating group) is 1. The fourth-order valence-electron chi connectivity index (χ4n) is 2.42. The Morgan fingerprint density at radius 2 is 2.20 bits per heavy atom. The second-order valence-corrected chi connectivity index (χ2v) is 5.12. The molecular weight excluding hydrogens is 208 g/mol. The molecule has 1 aromatic heterocycles. The zero-order valence-corrected chi connectivity index (χ0v) is 9.76. The number of H-pyrrole nitrogens is 1. The molecular formula is C10H16N4S. The fraction of sp³-hybridized carbons (Fsp3) is 0.800. The van der Waals surface area contributed by atoms with Gasteiger partial charge < -0.3 is 4.90 Å². The minimum absolute atomic E-state index is 0.539. The summed E-state index contributed by atoms with van der Waals surface area (Å²) in [5.74, 6) is 1.86. The molecule has 0 spiro atoms. The number of likely N-dealkylation sites (tertiary alicyclic amines) is 1. The van der Waals surface area contributed by atoms with Crippen LogP contribution < -0.4 is 0 Å². The lowest BCUT2D eigenvalue weighted by molar-refractivity contribution is 0.388. The van der Waals surface area contributed by atoms with Crippen molar-refractivity contribution in [2.45, 2.75) is 31.2 Å². The second-order valence-electron chi connectivity index (χ2n) is 4.74. The summed E-state index contributed by atoms with van der Waals surface area (Å²) in [6, 6.07) is 0.539. The standard InChI is InChI=1S/C10H16N4S/c1-13-5-4-8(6-13)14-9(7-2-3-7)11-12-10(14)15/h7-8H,2-6H2,1H3,(H,12,15). The first kappa shape index (κ1) is 9.54. The normalized spacial score (nSPS) is 27.4. The predicted molar refractivity (Wildman–Crippen MR) is 60.5 cm³/mol. The lowest BCUT2D eigenvalue weighted by Gasteiger charge is -2.14. The van der Waals surface area contributed by atoms with E-state index < -0.39 is 0 Å². The van der Waals surface area contributed by atoms with Crippen LogP contribution in [-0.2, 0) is 0 Å². The largest absolute Gasteiger partial charge is 0.304 e. The average molecular weight is 224 g/mol. The van der Waals surface area contributed by atoms with Crippen LogP contribution in [0.25, 0.3) is 0 Å². The van der Waals surface area contributed by atoms with E-state index in [4.69, 9.17) is 12.2 Å². The van der Waals surface area contributed by atoms with E-state index in [0.29, 0.717) is 12.0 Å². The lowest BCUT2D eigenvalue weighted by atomic mass is 10.2. The van der Waals surface area contributed by atoms with Crippen molar-refractivity contribution < 1.29 is 0 Å². The van der Waals surface area contributed by atoms with E-state index in [2.05, 4.69) is 26.7 Å². The zero-order chi connectivity index (χ0) is 10.4. The molecule has 1 saturated heterocycles. The van der Waals surface area contributed by atoms with Crippen LogP contribution in [0.5, 0.6) is 0 Å². The number of aromatic amines is 1. The van der Waals surface area contributed by atoms with Crippen molar-refractivity contribution in [3.05, 3.63) is 10.6 Å². The maximum absolute atomic E-state index is 5.32. The number of nitrogens with one attached hydrogen (secondary N) is 1. The van der Waals surface area contributed by atoms with Gasteiger partial charge in [0, 0.05) is 12.5 Å². The fourth-order valence-corrected chi connectivity index (χ4v) is 2.71. The molecule has 0 radical (unpaired) electrons. The molecule has 0 amide bonds. The summed E-state index contributed by atoms with van der Waals surface area (Å²) in [5, 5.41) is 7.32. The summed E-state index contributed by atoms with van der Waals surface area (Å²) in [6.45, 7) is 2.27. The van der Waals surface area contributed by atoms with Crippen molar-refractivity contribution in [2.75, 3.05) is 20.1 Å². The Balaban J connectivity index is 1.95. The van der Waals surface area contributed by atoms with Gasteiger partial charge in [-0.25, -0.2) is 0 Å². The molecule has 5 heteroatoms. The highest BCUT2D eigenvalue weighted by atomic mass is 32.1. The first-order valence-corrected chi connectivity index (χ1v) is 6.02. The first-order chi connectivity index (χ1) is 7.25. The van der Waals surface area contributed by atoms with Crippen LogP contribution in [0.4, 0.5) is 0 Å². The molecule has 2 aliphatic rings. The highest BCUT2D eigenvalue weighted by Gasteiger charge is 2.32. The molecule has 1 N–H and O–H groups in total. The third-order valence-corrected chi connectivity index (χ3v) is 3.69. The third-order valence-electron chi connectivity index (χ3n) is 3.41. The summed E-state index contributed by atoms with van der Waals surface area (Å²) in [4.78, 5) is 2.36. The quantitative estimate of drug-likeness (QED) is 0.777. The Morgan fingerprint density at radius 3 is 2.80 bits per heavy atom. The highest BCUT2D eigenvalue weighted by molar-refractivity contribution is 7.71. The molecule has 2 fully saturated rings. The number of hydrogen-bond donors (Lipinski definition) is 1. The molecule has 0 aromatic carbocycles. The van der Waals surface area contributed by atoms with Crippen LogP contribution in [0.1, 0.15) is 37.0 Å². The van der Waals surface area contributed by atoms with Gasteiger partial charge in [0.25, 0.3) is 0 Å². The van der Waals surface area contributed by atoms with Crippen molar-refractivity contribution in [1.82, 2.24) is 19.7 Å². The van der Waals surface area contributed by atoms with Crippen LogP contribution in [-0.4, -0.2) is 39.8 Å². The van der Waals surface area contributed by atoms with Gasteiger partial charge in [0.2, 0.25) is 0 Å². The first-order valence-electron chi connectivity index (χ1n) is 5.61. The molecule has 1 saturated carbocycles. The van der Waals surface area contributed by atoms with Gasteiger partial charge in [0.1, 0.15) is 5.82 Å². The summed E-state index contributed by atoms with van der Waals surface area (Å²) < 4.78 is 3.06. The Morgan fingerprint density at radius 1 is 1.40 bits per heavy atom. The van der Waals surface area contributed by atoms with Gasteiger partial charge in [-0.3, -0.25) is 9.67 Å². The smallest absolute Gasteiger partial charge is 0.195 e. The Kier molecular flexibility index (Phi) is 2.17. The maximum atomic E-state index is 5.32. The monoisotopic (exact) mass is 224 g/mol. The zero-order valence-electron chi connectivity index (χ0n) is 8.94. The van der Waals surface area contributed by atoms with Crippen LogP contribution in [0, 0.1) is 4.77 Å². The van der Waals surface area contributed by atoms with E-state index in [0.717, 1.165) is 11.3 Å². The van der Waals surface area contributed by atoms with Gasteiger partial charge in [-0.05, 0) is 45.1 Å². The topological polar surface area (TPSA) is 36.9 Å². The highest BCUT2D eigenvalue weighted by Crippen LogP contribution is 2.40. The van der Waals surface area contributed by atoms with Crippen molar-refractivity contribution in [1.29, 1.82) is 0 Å². The summed E-state index contributed by atoms with van der Waals surface area (Å²) >= 11 is 5.32. The van der Waals surface area contributed by atoms with Crippen LogP contribution in [0.15, 0.2) is 0 Å². The average Bonchev–Trinajstić information content (AvgIpc) is 2.86. The minimum Gasteiger partial charge on any atom is -0.304 e. The summed E-state index contributed by atoms with van der Waals surface area (Å²) in [5.41, 5.74) is 0. The maximum Gasteiger partial charge on any atom is 0.195 e. The molecule has 1 aliphatic heterocycles. The van der Waals surface area contributed by atoms with Gasteiger partial charge in [-0.1, -0.05) is 0 Å².